The zero-order valence-corrected chi connectivity index (χ0v) is 14.0. The van der Waals surface area contributed by atoms with Crippen LogP contribution in [0.2, 0.25) is 0 Å². The maximum Gasteiger partial charge on any atom is 0.266 e. The Hall–Kier alpha value is -2.55. The summed E-state index contributed by atoms with van der Waals surface area (Å²) in [7, 11) is -3.81. The summed E-state index contributed by atoms with van der Waals surface area (Å²) in [6.45, 7) is 0. The van der Waals surface area contributed by atoms with Crippen LogP contribution in [0.5, 0.6) is 0 Å². The van der Waals surface area contributed by atoms with Crippen LogP contribution in [0.4, 0.5) is 0 Å². The van der Waals surface area contributed by atoms with Crippen LogP contribution >= 0.6 is 11.3 Å². The molecule has 0 saturated heterocycles. The van der Waals surface area contributed by atoms with Crippen molar-refractivity contribution >= 4 is 27.3 Å². The minimum Gasteiger partial charge on any atom is -0.273 e. The first-order valence-electron chi connectivity index (χ1n) is 6.92. The maximum atomic E-state index is 12.2. The minimum atomic E-state index is -3.81. The van der Waals surface area contributed by atoms with E-state index in [1.807, 2.05) is 11.4 Å². The lowest BCUT2D eigenvalue weighted by atomic mass is 10.1. The van der Waals surface area contributed by atoms with Gasteiger partial charge in [0.1, 0.15) is 0 Å². The molecule has 3 aromatic rings. The molecule has 0 aliphatic carbocycles. The van der Waals surface area contributed by atoms with Gasteiger partial charge in [0.25, 0.3) is 15.9 Å². The highest BCUT2D eigenvalue weighted by atomic mass is 32.2. The molecule has 0 unspecified atom stereocenters. The fraction of sp³-hybridized carbons (Fsp3) is 0. The van der Waals surface area contributed by atoms with Crippen molar-refractivity contribution in [1.29, 1.82) is 0 Å². The van der Waals surface area contributed by atoms with Crippen LogP contribution in [-0.4, -0.2) is 19.3 Å². The molecular formula is C16H13N3O3S2. The zero-order valence-electron chi connectivity index (χ0n) is 12.3. The van der Waals surface area contributed by atoms with E-state index in [2.05, 4.69) is 15.2 Å². The van der Waals surface area contributed by atoms with Crippen LogP contribution in [0, 0.1) is 0 Å². The number of nitrogens with one attached hydrogen (secondary N) is 2. The monoisotopic (exact) mass is 359 g/mol. The lowest BCUT2D eigenvalue weighted by molar-refractivity contribution is 0.0945. The van der Waals surface area contributed by atoms with Gasteiger partial charge in [0.15, 0.2) is 0 Å². The summed E-state index contributed by atoms with van der Waals surface area (Å²) in [5, 5.41) is 1.87. The molecule has 0 bridgehead atoms. The summed E-state index contributed by atoms with van der Waals surface area (Å²) >= 11 is 1.46. The fourth-order valence-corrected chi connectivity index (χ4v) is 3.44. The van der Waals surface area contributed by atoms with E-state index in [1.54, 1.807) is 41.9 Å². The highest BCUT2D eigenvalue weighted by Gasteiger charge is 2.15. The van der Waals surface area contributed by atoms with Gasteiger partial charge in [-0.3, -0.25) is 10.2 Å². The van der Waals surface area contributed by atoms with Crippen molar-refractivity contribution in [3.63, 3.8) is 0 Å². The van der Waals surface area contributed by atoms with Gasteiger partial charge < -0.3 is 0 Å². The second kappa shape index (κ2) is 6.91. The van der Waals surface area contributed by atoms with Crippen LogP contribution in [0.3, 0.4) is 0 Å². The number of benzene rings is 2. The fourth-order valence-electron chi connectivity index (χ4n) is 2.02. The molecule has 0 radical (unpaired) electrons. The molecule has 1 heterocycles. The van der Waals surface area contributed by atoms with Gasteiger partial charge in [0.2, 0.25) is 0 Å². The second-order valence-corrected chi connectivity index (χ2v) is 7.23. The molecular weight excluding hydrogens is 346 g/mol. The van der Waals surface area contributed by atoms with E-state index >= 15 is 0 Å². The largest absolute Gasteiger partial charge is 0.273 e. The van der Waals surface area contributed by atoms with E-state index in [0.29, 0.717) is 5.56 Å². The summed E-state index contributed by atoms with van der Waals surface area (Å²) in [6.07, 6.45) is 0. The Kier molecular flexibility index (Phi) is 4.70. The number of rotatable bonds is 5. The number of carbonyl (C=O) groups excluding carboxylic acids is 1. The average Bonchev–Trinajstić information content (AvgIpc) is 3.15. The molecule has 1 amide bonds. The van der Waals surface area contributed by atoms with Gasteiger partial charge in [-0.25, -0.2) is 13.4 Å². The highest BCUT2D eigenvalue weighted by molar-refractivity contribution is 7.89. The van der Waals surface area contributed by atoms with Crippen molar-refractivity contribution in [2.75, 3.05) is 0 Å². The van der Waals surface area contributed by atoms with Crippen LogP contribution in [0.1, 0.15) is 10.4 Å². The van der Waals surface area contributed by atoms with E-state index in [1.165, 1.54) is 23.5 Å². The molecule has 2 N–H and O–H groups in total. The number of aromatic nitrogens is 1. The van der Waals surface area contributed by atoms with Gasteiger partial charge in [0, 0.05) is 16.5 Å². The summed E-state index contributed by atoms with van der Waals surface area (Å²) in [5.41, 5.74) is 5.80. The van der Waals surface area contributed by atoms with Gasteiger partial charge in [-0.1, -0.05) is 30.3 Å². The summed E-state index contributed by atoms with van der Waals surface area (Å²) in [5.74, 6) is -0.549. The standard InChI is InChI=1S/C16H13N3O3S2/c20-16(18-19-24(21,22)14-7-2-1-3-8-14)13-6-4-5-12(9-13)15-10-23-11-17-15/h1-11,19H,(H,18,20). The van der Waals surface area contributed by atoms with Crippen molar-refractivity contribution in [1.82, 2.24) is 15.2 Å². The molecule has 0 atom stereocenters. The quantitative estimate of drug-likeness (QED) is 0.685. The minimum absolute atomic E-state index is 0.0709. The van der Waals surface area contributed by atoms with E-state index < -0.39 is 15.9 Å². The molecule has 8 heteroatoms. The summed E-state index contributed by atoms with van der Waals surface area (Å²) in [4.78, 5) is 18.5. The first-order chi connectivity index (χ1) is 11.6. The van der Waals surface area contributed by atoms with Crippen LogP contribution < -0.4 is 10.3 Å². The number of sulfonamides is 1. The summed E-state index contributed by atoms with van der Waals surface area (Å²) < 4.78 is 24.2. The van der Waals surface area contributed by atoms with Crippen LogP contribution in [-0.2, 0) is 10.0 Å². The number of hydrogen-bond donors (Lipinski definition) is 2. The molecule has 1 aromatic heterocycles. The first-order valence-corrected chi connectivity index (χ1v) is 9.35. The topological polar surface area (TPSA) is 88.2 Å². The van der Waals surface area contributed by atoms with Gasteiger partial charge in [-0.05, 0) is 24.3 Å². The number of thiazole rings is 1. The van der Waals surface area contributed by atoms with E-state index in [9.17, 15) is 13.2 Å². The van der Waals surface area contributed by atoms with Crippen molar-refractivity contribution < 1.29 is 13.2 Å². The molecule has 0 aliphatic heterocycles. The number of nitrogens with zero attached hydrogens (tertiary/aromatic N) is 1. The third-order valence-corrected chi connectivity index (χ3v) is 5.06. The molecule has 0 fully saturated rings. The van der Waals surface area contributed by atoms with Gasteiger partial charge in [0.05, 0.1) is 16.1 Å². The molecule has 0 aliphatic rings. The SMILES string of the molecule is O=C(NNS(=O)(=O)c1ccccc1)c1cccc(-c2cscn2)c1. The molecule has 3 rings (SSSR count). The molecule has 0 saturated carbocycles. The van der Waals surface area contributed by atoms with Crippen molar-refractivity contribution in [3.8, 4) is 11.3 Å². The Labute approximate surface area is 143 Å². The van der Waals surface area contributed by atoms with Crippen molar-refractivity contribution in [2.24, 2.45) is 0 Å². The Morgan fingerprint density at radius 3 is 2.54 bits per heavy atom. The number of hydrazine groups is 1. The smallest absolute Gasteiger partial charge is 0.266 e. The summed E-state index contributed by atoms with van der Waals surface area (Å²) in [6, 6.07) is 14.6. The van der Waals surface area contributed by atoms with E-state index in [4.69, 9.17) is 0 Å². The lowest BCUT2D eigenvalue weighted by Gasteiger charge is -2.09. The maximum absolute atomic E-state index is 12.2. The van der Waals surface area contributed by atoms with Crippen LogP contribution in [0.25, 0.3) is 11.3 Å². The molecule has 0 spiro atoms. The third-order valence-electron chi connectivity index (χ3n) is 3.21. The highest BCUT2D eigenvalue weighted by Crippen LogP contribution is 2.20. The van der Waals surface area contributed by atoms with Crippen molar-refractivity contribution in [2.45, 2.75) is 4.90 Å². The number of hydrogen-bond acceptors (Lipinski definition) is 5. The van der Waals surface area contributed by atoms with Gasteiger partial charge in [-0.2, -0.15) is 0 Å². The first kappa shape index (κ1) is 16.3. The Morgan fingerprint density at radius 1 is 1.04 bits per heavy atom. The van der Waals surface area contributed by atoms with E-state index in [-0.39, 0.29) is 4.90 Å². The average molecular weight is 359 g/mol. The Bertz CT molecular complexity index is 940. The number of carbonyl (C=O) groups is 1. The zero-order chi connectivity index (χ0) is 17.0. The third kappa shape index (κ3) is 3.67. The molecule has 24 heavy (non-hydrogen) atoms. The number of amides is 1. The van der Waals surface area contributed by atoms with Gasteiger partial charge >= 0.3 is 0 Å². The predicted octanol–water partition coefficient (Wildman–Crippen LogP) is 2.43. The Balaban J connectivity index is 1.73. The van der Waals surface area contributed by atoms with Crippen molar-refractivity contribution in [3.05, 3.63) is 71.1 Å². The second-order valence-electron chi connectivity index (χ2n) is 4.83. The van der Waals surface area contributed by atoms with Gasteiger partial charge in [-0.15, -0.1) is 16.2 Å². The van der Waals surface area contributed by atoms with E-state index in [0.717, 1.165) is 11.3 Å². The Morgan fingerprint density at radius 2 is 1.83 bits per heavy atom. The predicted molar refractivity (Wildman–Crippen MR) is 91.8 cm³/mol. The normalized spacial score (nSPS) is 11.2. The van der Waals surface area contributed by atoms with Crippen LogP contribution in [0.15, 0.2) is 70.4 Å². The molecule has 122 valence electrons. The molecule has 2 aromatic carbocycles. The molecule has 6 nitrogen and oxygen atoms in total. The lowest BCUT2D eigenvalue weighted by Crippen LogP contribution is -2.41.